The molecule has 1 amide bonds. The van der Waals surface area contributed by atoms with Crippen LogP contribution in [0.4, 0.5) is 4.79 Å². The fourth-order valence-electron chi connectivity index (χ4n) is 4.35. The van der Waals surface area contributed by atoms with E-state index in [1.165, 1.54) is 4.90 Å². The molecule has 156 valence electrons. The van der Waals surface area contributed by atoms with Gasteiger partial charge in [-0.15, -0.1) is 0 Å². The first-order valence-corrected chi connectivity index (χ1v) is 10.6. The molecule has 1 unspecified atom stereocenters. The molecular formula is C23H25ClN4O2. The predicted octanol–water partition coefficient (Wildman–Crippen LogP) is 4.78. The van der Waals surface area contributed by atoms with E-state index < -0.39 is 11.8 Å². The van der Waals surface area contributed by atoms with Gasteiger partial charge in [-0.25, -0.2) is 4.79 Å². The topological polar surface area (TPSA) is 78.4 Å². The van der Waals surface area contributed by atoms with Crippen LogP contribution in [0.25, 0.3) is 10.8 Å². The Labute approximate surface area is 180 Å². The maximum atomic E-state index is 12.2. The largest absolute Gasteiger partial charge is 0.465 e. The van der Waals surface area contributed by atoms with Crippen molar-refractivity contribution >= 4 is 28.5 Å². The number of likely N-dealkylation sites (tertiary alicyclic amines) is 1. The fourth-order valence-corrected chi connectivity index (χ4v) is 4.56. The zero-order valence-corrected chi connectivity index (χ0v) is 17.7. The fraction of sp³-hybridized carbons (Fsp3) is 0.348. The minimum atomic E-state index is -0.917. The van der Waals surface area contributed by atoms with Crippen molar-refractivity contribution in [3.8, 4) is 0 Å². The van der Waals surface area contributed by atoms with Crippen molar-refractivity contribution in [1.29, 1.82) is 0 Å². The summed E-state index contributed by atoms with van der Waals surface area (Å²) in [6.45, 7) is 2.93. The number of piperidine rings is 1. The monoisotopic (exact) mass is 424 g/mol. The molecule has 1 atom stereocenters. The van der Waals surface area contributed by atoms with Crippen LogP contribution in [0.3, 0.4) is 0 Å². The normalized spacial score (nSPS) is 19.2. The van der Waals surface area contributed by atoms with Gasteiger partial charge in [0.25, 0.3) is 0 Å². The molecule has 1 aromatic carbocycles. The minimum Gasteiger partial charge on any atom is -0.465 e. The quantitative estimate of drug-likeness (QED) is 0.616. The second kappa shape index (κ2) is 8.58. The maximum Gasteiger partial charge on any atom is 0.408 e. The first kappa shape index (κ1) is 20.6. The van der Waals surface area contributed by atoms with Crippen LogP contribution in [0.15, 0.2) is 48.8 Å². The summed E-state index contributed by atoms with van der Waals surface area (Å²) in [6.07, 6.45) is 5.51. The van der Waals surface area contributed by atoms with Gasteiger partial charge in [-0.05, 0) is 49.3 Å². The second-order valence-corrected chi connectivity index (χ2v) is 8.29. The zero-order valence-electron chi connectivity index (χ0n) is 16.9. The Hall–Kier alpha value is -2.70. The van der Waals surface area contributed by atoms with E-state index in [4.69, 9.17) is 11.6 Å². The van der Waals surface area contributed by atoms with E-state index >= 15 is 0 Å². The number of carbonyl (C=O) groups is 1. The number of hydrogen-bond donors (Lipinski definition) is 2. The van der Waals surface area contributed by atoms with Gasteiger partial charge < -0.3 is 5.11 Å². The molecule has 7 heteroatoms. The highest BCUT2D eigenvalue weighted by Gasteiger charge is 2.42. The molecule has 2 aromatic heterocycles. The minimum absolute atomic E-state index is 0.470. The summed E-state index contributed by atoms with van der Waals surface area (Å²) < 4.78 is 0. The molecule has 3 aromatic rings. The van der Waals surface area contributed by atoms with E-state index in [2.05, 4.69) is 21.4 Å². The van der Waals surface area contributed by atoms with E-state index in [0.29, 0.717) is 31.0 Å². The van der Waals surface area contributed by atoms with E-state index in [-0.39, 0.29) is 0 Å². The Kier molecular flexibility index (Phi) is 5.88. The number of aryl methyl sites for hydroxylation is 1. The molecule has 1 saturated heterocycles. The van der Waals surface area contributed by atoms with Gasteiger partial charge in [-0.3, -0.25) is 20.2 Å². The Morgan fingerprint density at radius 1 is 1.23 bits per heavy atom. The smallest absolute Gasteiger partial charge is 0.408 e. The molecule has 3 heterocycles. The van der Waals surface area contributed by atoms with Gasteiger partial charge >= 0.3 is 6.09 Å². The molecule has 1 fully saturated rings. The molecule has 0 saturated carbocycles. The van der Waals surface area contributed by atoms with Crippen LogP contribution in [0, 0.1) is 6.92 Å². The molecule has 4 rings (SSSR count). The van der Waals surface area contributed by atoms with Gasteiger partial charge in [-0.1, -0.05) is 35.9 Å². The van der Waals surface area contributed by atoms with Crippen molar-refractivity contribution < 1.29 is 9.90 Å². The van der Waals surface area contributed by atoms with Crippen molar-refractivity contribution in [1.82, 2.24) is 20.2 Å². The number of amides is 1. The van der Waals surface area contributed by atoms with Gasteiger partial charge in [-0.2, -0.15) is 0 Å². The lowest BCUT2D eigenvalue weighted by molar-refractivity contribution is 0.0218. The van der Waals surface area contributed by atoms with Crippen LogP contribution in [-0.2, 0) is 13.0 Å². The molecule has 30 heavy (non-hydrogen) atoms. The summed E-state index contributed by atoms with van der Waals surface area (Å²) in [5.41, 5.74) is 1.98. The highest BCUT2D eigenvalue weighted by molar-refractivity contribution is 6.30. The van der Waals surface area contributed by atoms with Crippen molar-refractivity contribution in [3.63, 3.8) is 0 Å². The van der Waals surface area contributed by atoms with E-state index in [1.807, 2.05) is 37.3 Å². The molecular weight excluding hydrogens is 400 g/mol. The third kappa shape index (κ3) is 4.11. The number of nitrogens with one attached hydrogen (secondary N) is 1. The van der Waals surface area contributed by atoms with Crippen molar-refractivity contribution in [2.24, 2.45) is 0 Å². The Bertz CT molecular complexity index is 1070. The Morgan fingerprint density at radius 3 is 2.87 bits per heavy atom. The summed E-state index contributed by atoms with van der Waals surface area (Å²) in [6, 6.07) is 12.0. The molecule has 0 spiro atoms. The summed E-state index contributed by atoms with van der Waals surface area (Å²) in [4.78, 5) is 22.8. The number of aromatic nitrogens is 2. The number of benzene rings is 1. The van der Waals surface area contributed by atoms with E-state index in [0.717, 1.165) is 40.6 Å². The van der Waals surface area contributed by atoms with Crippen LogP contribution in [-0.4, -0.2) is 38.3 Å². The van der Waals surface area contributed by atoms with Crippen LogP contribution in [0.2, 0.25) is 5.02 Å². The SMILES string of the molecule is Cc1cc(Cl)cnc1CC1(NCc2nccc3ccccc23)CCCCN1C(=O)O. The summed E-state index contributed by atoms with van der Waals surface area (Å²) in [5, 5.41) is 16.3. The highest BCUT2D eigenvalue weighted by Crippen LogP contribution is 2.31. The van der Waals surface area contributed by atoms with Gasteiger partial charge in [0.2, 0.25) is 0 Å². The number of halogens is 1. The maximum absolute atomic E-state index is 12.2. The average molecular weight is 425 g/mol. The molecule has 0 aliphatic carbocycles. The van der Waals surface area contributed by atoms with Crippen molar-refractivity contribution in [2.75, 3.05) is 6.54 Å². The number of fused-ring (bicyclic) bond motifs is 1. The number of nitrogens with zero attached hydrogens (tertiary/aromatic N) is 3. The zero-order chi connectivity index (χ0) is 21.1. The molecule has 1 aliphatic heterocycles. The van der Waals surface area contributed by atoms with Crippen LogP contribution in [0.1, 0.15) is 36.2 Å². The van der Waals surface area contributed by atoms with Gasteiger partial charge in [0, 0.05) is 43.0 Å². The molecule has 6 nitrogen and oxygen atoms in total. The Morgan fingerprint density at radius 2 is 2.07 bits per heavy atom. The summed E-state index contributed by atoms with van der Waals surface area (Å²) in [5.74, 6) is 0. The summed E-state index contributed by atoms with van der Waals surface area (Å²) in [7, 11) is 0. The van der Waals surface area contributed by atoms with Gasteiger partial charge in [0.05, 0.1) is 10.7 Å². The van der Waals surface area contributed by atoms with Crippen LogP contribution < -0.4 is 5.32 Å². The lowest BCUT2D eigenvalue weighted by atomic mass is 9.89. The molecule has 0 radical (unpaired) electrons. The first-order valence-electron chi connectivity index (χ1n) is 10.2. The predicted molar refractivity (Wildman–Crippen MR) is 118 cm³/mol. The number of hydrogen-bond acceptors (Lipinski definition) is 4. The first-order chi connectivity index (χ1) is 14.5. The molecule has 1 aliphatic rings. The summed E-state index contributed by atoms with van der Waals surface area (Å²) >= 11 is 6.08. The highest BCUT2D eigenvalue weighted by atomic mass is 35.5. The standard InChI is InChI=1S/C23H25ClN4O2/c1-16-12-18(24)14-26-20(16)13-23(9-4-5-11-28(23)22(29)30)27-15-21-19-7-3-2-6-17(19)8-10-25-21/h2-3,6-8,10,12,14,27H,4-5,9,11,13,15H2,1H3,(H,29,30). The third-order valence-electron chi connectivity index (χ3n) is 5.92. The van der Waals surface area contributed by atoms with E-state index in [1.54, 1.807) is 12.4 Å². The lowest BCUT2D eigenvalue weighted by Gasteiger charge is -2.46. The average Bonchev–Trinajstić information content (AvgIpc) is 2.74. The number of rotatable bonds is 5. The van der Waals surface area contributed by atoms with E-state index in [9.17, 15) is 9.90 Å². The second-order valence-electron chi connectivity index (χ2n) is 7.85. The van der Waals surface area contributed by atoms with Crippen LogP contribution in [0.5, 0.6) is 0 Å². The molecule has 0 bridgehead atoms. The van der Waals surface area contributed by atoms with Crippen LogP contribution >= 0.6 is 11.6 Å². The van der Waals surface area contributed by atoms with Crippen molar-refractivity contribution in [2.45, 2.75) is 44.8 Å². The lowest BCUT2D eigenvalue weighted by Crippen LogP contribution is -2.63. The third-order valence-corrected chi connectivity index (χ3v) is 6.13. The van der Waals surface area contributed by atoms with Gasteiger partial charge in [0.15, 0.2) is 0 Å². The van der Waals surface area contributed by atoms with Crippen molar-refractivity contribution in [3.05, 3.63) is 70.8 Å². The van der Waals surface area contributed by atoms with Gasteiger partial charge in [0.1, 0.15) is 5.66 Å². The Balaban J connectivity index is 1.68. The number of pyridine rings is 2. The number of carboxylic acid groups (broad SMARTS) is 1. The molecule has 2 N–H and O–H groups in total.